The van der Waals surface area contributed by atoms with Gasteiger partial charge in [0, 0.05) is 13.1 Å². The number of hydrogen-bond donors (Lipinski definition) is 1. The molecule has 0 aromatic heterocycles. The predicted molar refractivity (Wildman–Crippen MR) is 68.4 cm³/mol. The lowest BCUT2D eigenvalue weighted by atomic mass is 10.1. The fourth-order valence-corrected chi connectivity index (χ4v) is 2.55. The SMILES string of the molecule is CNCC1CCN(Cc2cc(F)ccc2C#N)C1. The van der Waals surface area contributed by atoms with Gasteiger partial charge < -0.3 is 5.32 Å². The highest BCUT2D eigenvalue weighted by Crippen LogP contribution is 2.20. The van der Waals surface area contributed by atoms with Gasteiger partial charge in [0.15, 0.2) is 0 Å². The van der Waals surface area contributed by atoms with Crippen LogP contribution in [0.1, 0.15) is 17.5 Å². The van der Waals surface area contributed by atoms with Crippen molar-refractivity contribution in [3.05, 3.63) is 35.1 Å². The van der Waals surface area contributed by atoms with Crippen LogP contribution in [-0.4, -0.2) is 31.6 Å². The van der Waals surface area contributed by atoms with Gasteiger partial charge in [0.05, 0.1) is 11.6 Å². The number of nitriles is 1. The quantitative estimate of drug-likeness (QED) is 0.881. The molecule has 0 radical (unpaired) electrons. The zero-order chi connectivity index (χ0) is 13.0. The molecule has 0 spiro atoms. The molecule has 1 aliphatic rings. The maximum Gasteiger partial charge on any atom is 0.123 e. The van der Waals surface area contributed by atoms with Gasteiger partial charge in [-0.25, -0.2) is 4.39 Å². The van der Waals surface area contributed by atoms with Crippen molar-refractivity contribution in [2.75, 3.05) is 26.7 Å². The van der Waals surface area contributed by atoms with Crippen molar-refractivity contribution in [3.8, 4) is 6.07 Å². The number of rotatable bonds is 4. The van der Waals surface area contributed by atoms with Crippen LogP contribution in [0.4, 0.5) is 4.39 Å². The summed E-state index contributed by atoms with van der Waals surface area (Å²) in [4.78, 5) is 2.29. The van der Waals surface area contributed by atoms with Gasteiger partial charge in [0.1, 0.15) is 5.82 Å². The first-order valence-corrected chi connectivity index (χ1v) is 6.28. The van der Waals surface area contributed by atoms with Crippen LogP contribution in [0.15, 0.2) is 18.2 Å². The second-order valence-corrected chi connectivity index (χ2v) is 4.86. The summed E-state index contributed by atoms with van der Waals surface area (Å²) in [6.45, 7) is 3.72. The Balaban J connectivity index is 2.02. The second kappa shape index (κ2) is 5.94. The van der Waals surface area contributed by atoms with Crippen molar-refractivity contribution in [1.82, 2.24) is 10.2 Å². The summed E-state index contributed by atoms with van der Waals surface area (Å²) in [7, 11) is 1.96. The van der Waals surface area contributed by atoms with E-state index in [4.69, 9.17) is 5.26 Å². The topological polar surface area (TPSA) is 39.1 Å². The first kappa shape index (κ1) is 13.0. The largest absolute Gasteiger partial charge is 0.319 e. The molecule has 0 aliphatic carbocycles. The number of likely N-dealkylation sites (tertiary alicyclic amines) is 1. The standard InChI is InChI=1S/C14H18FN3/c1-17-8-11-4-5-18(9-11)10-13-6-14(15)3-2-12(13)7-16/h2-3,6,11,17H,4-5,8-10H2,1H3. The van der Waals surface area contributed by atoms with E-state index in [-0.39, 0.29) is 5.82 Å². The zero-order valence-corrected chi connectivity index (χ0v) is 10.6. The Bertz CT molecular complexity index is 453. The Kier molecular flexibility index (Phi) is 4.29. The molecule has 1 atom stereocenters. The molecule has 18 heavy (non-hydrogen) atoms. The van der Waals surface area contributed by atoms with E-state index >= 15 is 0 Å². The lowest BCUT2D eigenvalue weighted by Crippen LogP contribution is -2.24. The molecule has 1 aliphatic heterocycles. The molecule has 0 bridgehead atoms. The summed E-state index contributed by atoms with van der Waals surface area (Å²) in [6.07, 6.45) is 1.16. The summed E-state index contributed by atoms with van der Waals surface area (Å²) in [6, 6.07) is 6.51. The number of nitrogens with one attached hydrogen (secondary N) is 1. The van der Waals surface area contributed by atoms with Crippen LogP contribution in [0.25, 0.3) is 0 Å². The average Bonchev–Trinajstić information content (AvgIpc) is 2.77. The number of benzene rings is 1. The minimum Gasteiger partial charge on any atom is -0.319 e. The summed E-state index contributed by atoms with van der Waals surface area (Å²) in [5, 5.41) is 12.2. The highest BCUT2D eigenvalue weighted by atomic mass is 19.1. The Hall–Kier alpha value is -1.44. The van der Waals surface area contributed by atoms with Crippen LogP contribution in [0.2, 0.25) is 0 Å². The Morgan fingerprint density at radius 2 is 2.39 bits per heavy atom. The summed E-state index contributed by atoms with van der Waals surface area (Å²) in [5.41, 5.74) is 1.37. The van der Waals surface area contributed by atoms with E-state index in [0.717, 1.165) is 31.6 Å². The van der Waals surface area contributed by atoms with Gasteiger partial charge in [0.2, 0.25) is 0 Å². The molecule has 2 rings (SSSR count). The van der Waals surface area contributed by atoms with Crippen LogP contribution in [0, 0.1) is 23.1 Å². The molecule has 1 fully saturated rings. The molecule has 0 amide bonds. The van der Waals surface area contributed by atoms with Crippen LogP contribution in [0.5, 0.6) is 0 Å². The number of hydrogen-bond acceptors (Lipinski definition) is 3. The van der Waals surface area contributed by atoms with Crippen LogP contribution in [-0.2, 0) is 6.54 Å². The summed E-state index contributed by atoms with van der Waals surface area (Å²) < 4.78 is 13.2. The molecule has 1 aromatic carbocycles. The molecule has 1 saturated heterocycles. The molecule has 1 heterocycles. The van der Waals surface area contributed by atoms with Crippen molar-refractivity contribution in [2.24, 2.45) is 5.92 Å². The van der Waals surface area contributed by atoms with Gasteiger partial charge in [0.25, 0.3) is 0 Å². The summed E-state index contributed by atoms with van der Waals surface area (Å²) in [5.74, 6) is 0.393. The van der Waals surface area contributed by atoms with E-state index in [1.54, 1.807) is 6.07 Å². The third-order valence-corrected chi connectivity index (χ3v) is 3.44. The van der Waals surface area contributed by atoms with Crippen molar-refractivity contribution < 1.29 is 4.39 Å². The lowest BCUT2D eigenvalue weighted by molar-refractivity contribution is 0.314. The third-order valence-electron chi connectivity index (χ3n) is 3.44. The monoisotopic (exact) mass is 247 g/mol. The second-order valence-electron chi connectivity index (χ2n) is 4.86. The van der Waals surface area contributed by atoms with Crippen molar-refractivity contribution in [3.63, 3.8) is 0 Å². The fourth-order valence-electron chi connectivity index (χ4n) is 2.55. The zero-order valence-electron chi connectivity index (χ0n) is 10.6. The molecule has 4 heteroatoms. The van der Waals surface area contributed by atoms with Gasteiger partial charge in [-0.2, -0.15) is 5.26 Å². The predicted octanol–water partition coefficient (Wildman–Crippen LogP) is 1.74. The fraction of sp³-hybridized carbons (Fsp3) is 0.500. The smallest absolute Gasteiger partial charge is 0.123 e. The van der Waals surface area contributed by atoms with Gasteiger partial charge >= 0.3 is 0 Å². The molecular formula is C14H18FN3. The van der Waals surface area contributed by atoms with Gasteiger partial charge in [-0.3, -0.25) is 4.90 Å². The molecule has 0 saturated carbocycles. The highest BCUT2D eigenvalue weighted by molar-refractivity contribution is 5.37. The van der Waals surface area contributed by atoms with Gasteiger partial charge in [-0.05, 0) is 56.2 Å². The maximum atomic E-state index is 13.2. The highest BCUT2D eigenvalue weighted by Gasteiger charge is 2.22. The Morgan fingerprint density at radius 3 is 3.11 bits per heavy atom. The Morgan fingerprint density at radius 1 is 1.56 bits per heavy atom. The van der Waals surface area contributed by atoms with E-state index in [0.29, 0.717) is 18.0 Å². The van der Waals surface area contributed by atoms with Crippen molar-refractivity contribution in [2.45, 2.75) is 13.0 Å². The van der Waals surface area contributed by atoms with E-state index in [9.17, 15) is 4.39 Å². The Labute approximate surface area is 107 Å². The molecule has 1 unspecified atom stereocenters. The first-order valence-electron chi connectivity index (χ1n) is 6.28. The summed E-state index contributed by atoms with van der Waals surface area (Å²) >= 11 is 0. The van der Waals surface area contributed by atoms with Gasteiger partial charge in [-0.1, -0.05) is 0 Å². The van der Waals surface area contributed by atoms with E-state index in [1.165, 1.54) is 12.1 Å². The maximum absolute atomic E-state index is 13.2. The van der Waals surface area contributed by atoms with Crippen molar-refractivity contribution in [1.29, 1.82) is 5.26 Å². The van der Waals surface area contributed by atoms with Crippen LogP contribution >= 0.6 is 0 Å². The molecule has 3 nitrogen and oxygen atoms in total. The van der Waals surface area contributed by atoms with E-state index in [1.807, 2.05) is 7.05 Å². The average molecular weight is 247 g/mol. The number of halogens is 1. The minimum absolute atomic E-state index is 0.269. The van der Waals surface area contributed by atoms with Crippen molar-refractivity contribution >= 4 is 0 Å². The van der Waals surface area contributed by atoms with Crippen LogP contribution < -0.4 is 5.32 Å². The third kappa shape index (κ3) is 3.06. The molecular weight excluding hydrogens is 229 g/mol. The minimum atomic E-state index is -0.269. The lowest BCUT2D eigenvalue weighted by Gasteiger charge is -2.16. The molecule has 96 valence electrons. The van der Waals surface area contributed by atoms with Crippen LogP contribution in [0.3, 0.4) is 0 Å². The van der Waals surface area contributed by atoms with E-state index < -0.39 is 0 Å². The first-order chi connectivity index (χ1) is 8.72. The normalized spacial score (nSPS) is 19.9. The molecule has 1 aromatic rings. The molecule has 1 N–H and O–H groups in total. The van der Waals surface area contributed by atoms with Gasteiger partial charge in [-0.15, -0.1) is 0 Å². The van der Waals surface area contributed by atoms with E-state index in [2.05, 4.69) is 16.3 Å². The number of nitrogens with zero attached hydrogens (tertiary/aromatic N) is 2.